The van der Waals surface area contributed by atoms with E-state index in [9.17, 15) is 0 Å². The number of nitrogens with one attached hydrogen (secondary N) is 2. The minimum absolute atomic E-state index is 1.08. The Morgan fingerprint density at radius 3 is 1.43 bits per heavy atom. The molecule has 2 aromatic rings. The van der Waals surface area contributed by atoms with Crippen LogP contribution >= 0.6 is 18.5 Å². The summed E-state index contributed by atoms with van der Waals surface area (Å²) in [5.74, 6) is 0. The van der Waals surface area contributed by atoms with Gasteiger partial charge >= 0.3 is 0 Å². The molecule has 2 heterocycles. The molecule has 0 radical (unpaired) electrons. The molecule has 2 N–H and O–H groups in total. The van der Waals surface area contributed by atoms with Gasteiger partial charge in [-0.1, -0.05) is 18.5 Å². The minimum Gasteiger partial charge on any atom is -0.205 e. The molecule has 0 saturated carbocycles. The maximum absolute atomic E-state index is 3.21. The fourth-order valence-corrected chi connectivity index (χ4v) is 1.57. The highest BCUT2D eigenvalue weighted by Gasteiger charge is 2.10. The quantitative estimate of drug-likeness (QED) is 0.607. The van der Waals surface area contributed by atoms with Gasteiger partial charge in [0.1, 0.15) is 0 Å². The second-order valence-electron chi connectivity index (χ2n) is 3.07. The predicted octanol–water partition coefficient (Wildman–Crippen LogP) is -0.0174. The van der Waals surface area contributed by atoms with Crippen LogP contribution in [0.15, 0.2) is 36.7 Å². The van der Waals surface area contributed by atoms with Crippen LogP contribution in [0.25, 0.3) is 11.4 Å². The van der Waals surface area contributed by atoms with E-state index in [2.05, 4.69) is 52.7 Å². The highest BCUT2D eigenvalue weighted by Crippen LogP contribution is 2.05. The number of hydrogen-bond acceptors (Lipinski definition) is 0. The first-order valence-corrected chi connectivity index (χ1v) is 5.46. The fraction of sp³-hybridized carbons (Fsp3) is 0. The third-order valence-electron chi connectivity index (χ3n) is 1.96. The van der Waals surface area contributed by atoms with Crippen LogP contribution in [0.3, 0.4) is 0 Å². The van der Waals surface area contributed by atoms with Crippen LogP contribution in [0.1, 0.15) is 0 Å². The summed E-state index contributed by atoms with van der Waals surface area (Å²) in [7, 11) is 5.30. The summed E-state index contributed by atoms with van der Waals surface area (Å²) in [6.45, 7) is 0. The van der Waals surface area contributed by atoms with Crippen molar-refractivity contribution in [1.29, 1.82) is 0 Å². The van der Waals surface area contributed by atoms with Gasteiger partial charge in [-0.15, -0.1) is 0 Å². The highest BCUT2D eigenvalue weighted by molar-refractivity contribution is 7.27. The molecular weight excluding hydrogens is 210 g/mol. The van der Waals surface area contributed by atoms with Crippen molar-refractivity contribution in [2.45, 2.75) is 0 Å². The van der Waals surface area contributed by atoms with Crippen LogP contribution in [0.4, 0.5) is 0 Å². The van der Waals surface area contributed by atoms with Crippen molar-refractivity contribution in [3.05, 3.63) is 36.7 Å². The number of pyridine rings is 2. The summed E-state index contributed by atoms with van der Waals surface area (Å²) in [5, 5.41) is 2.30. The molecule has 2 aromatic heterocycles. The number of H-pyrrole nitrogens is 2. The van der Waals surface area contributed by atoms with Crippen LogP contribution in [-0.4, -0.2) is 0 Å². The van der Waals surface area contributed by atoms with Gasteiger partial charge in [-0.05, 0) is 12.1 Å². The zero-order valence-electron chi connectivity index (χ0n) is 7.62. The van der Waals surface area contributed by atoms with Crippen molar-refractivity contribution in [2.24, 2.45) is 0 Å². The Balaban J connectivity index is 2.40. The van der Waals surface area contributed by atoms with Gasteiger partial charge in [-0.25, -0.2) is 9.97 Å². The van der Waals surface area contributed by atoms with Gasteiger partial charge in [0.25, 0.3) is 11.4 Å². The summed E-state index contributed by atoms with van der Waals surface area (Å²) >= 11 is 0. The Bertz CT molecular complexity index is 379. The Morgan fingerprint density at radius 2 is 1.14 bits per heavy atom. The first-order valence-electron chi connectivity index (χ1n) is 4.30. The van der Waals surface area contributed by atoms with E-state index in [4.69, 9.17) is 0 Å². The molecule has 0 saturated heterocycles. The molecule has 0 aliphatic rings. The lowest BCUT2D eigenvalue weighted by Crippen LogP contribution is -2.18. The average molecular weight is 222 g/mol. The van der Waals surface area contributed by atoms with E-state index in [1.807, 2.05) is 12.4 Å². The maximum Gasteiger partial charge on any atom is 0.275 e. The summed E-state index contributed by atoms with van der Waals surface area (Å²) in [6, 6.07) is 8.21. The van der Waals surface area contributed by atoms with Gasteiger partial charge in [0.2, 0.25) is 0 Å². The SMILES string of the molecule is Pc1ccc(-c2ccc(P)c[nH+]2)[nH+]c1. The van der Waals surface area contributed by atoms with Gasteiger partial charge in [-0.3, -0.25) is 0 Å². The lowest BCUT2D eigenvalue weighted by atomic mass is 10.2. The number of aromatic amines is 2. The number of hydrogen-bond donors (Lipinski definition) is 0. The van der Waals surface area contributed by atoms with E-state index >= 15 is 0 Å². The third kappa shape index (κ3) is 2.15. The van der Waals surface area contributed by atoms with E-state index in [0.717, 1.165) is 22.0 Å². The van der Waals surface area contributed by atoms with Gasteiger partial charge in [-0.2, -0.15) is 0 Å². The smallest absolute Gasteiger partial charge is 0.205 e. The second-order valence-corrected chi connectivity index (χ2v) is 4.40. The van der Waals surface area contributed by atoms with Gasteiger partial charge in [0, 0.05) is 22.7 Å². The van der Waals surface area contributed by atoms with E-state index < -0.39 is 0 Å². The van der Waals surface area contributed by atoms with Crippen LogP contribution in [0, 0.1) is 0 Å². The Labute approximate surface area is 87.6 Å². The molecule has 14 heavy (non-hydrogen) atoms. The van der Waals surface area contributed by atoms with Crippen molar-refractivity contribution in [3.8, 4) is 11.4 Å². The van der Waals surface area contributed by atoms with Crippen molar-refractivity contribution in [1.82, 2.24) is 0 Å². The van der Waals surface area contributed by atoms with Crippen LogP contribution < -0.4 is 20.6 Å². The molecule has 0 aromatic carbocycles. The van der Waals surface area contributed by atoms with Crippen molar-refractivity contribution in [3.63, 3.8) is 0 Å². The average Bonchev–Trinajstić information content (AvgIpc) is 2.21. The number of rotatable bonds is 1. The zero-order valence-corrected chi connectivity index (χ0v) is 9.93. The predicted molar refractivity (Wildman–Crippen MR) is 63.7 cm³/mol. The van der Waals surface area contributed by atoms with Crippen molar-refractivity contribution < 1.29 is 9.97 Å². The summed E-state index contributed by atoms with van der Waals surface area (Å²) < 4.78 is 0. The summed E-state index contributed by atoms with van der Waals surface area (Å²) in [6.07, 6.45) is 3.92. The molecular formula is C10H12N2P2+2. The summed E-state index contributed by atoms with van der Waals surface area (Å²) in [4.78, 5) is 6.43. The molecule has 2 atom stereocenters. The van der Waals surface area contributed by atoms with Crippen LogP contribution in [-0.2, 0) is 0 Å². The topological polar surface area (TPSA) is 28.3 Å². The minimum atomic E-state index is 1.08. The van der Waals surface area contributed by atoms with Gasteiger partial charge < -0.3 is 0 Å². The third-order valence-corrected chi connectivity index (χ3v) is 2.68. The Kier molecular flexibility index (Phi) is 2.86. The standard InChI is InChI=1S/C10H10N2P2/c13-7-1-3-9(11-5-7)10-4-2-8(14)6-12-10/h1-6H,13-14H2/p+2. The molecule has 2 unspecified atom stereocenters. The molecule has 0 aliphatic carbocycles. The van der Waals surface area contributed by atoms with Gasteiger partial charge in [0.05, 0.1) is 0 Å². The lowest BCUT2D eigenvalue weighted by Gasteiger charge is -1.90. The molecule has 0 bridgehead atoms. The van der Waals surface area contributed by atoms with E-state index in [1.165, 1.54) is 0 Å². The van der Waals surface area contributed by atoms with Crippen LogP contribution in [0.2, 0.25) is 0 Å². The molecule has 0 fully saturated rings. The Hall–Kier alpha value is -0.840. The number of aromatic nitrogens is 2. The molecule has 4 heteroatoms. The first kappa shape index (κ1) is 9.71. The zero-order chi connectivity index (χ0) is 9.97. The van der Waals surface area contributed by atoms with Crippen LogP contribution in [0.5, 0.6) is 0 Å². The molecule has 0 amide bonds. The fourth-order valence-electron chi connectivity index (χ4n) is 1.21. The monoisotopic (exact) mass is 222 g/mol. The maximum atomic E-state index is 3.21. The lowest BCUT2D eigenvalue weighted by molar-refractivity contribution is -0.401. The molecule has 0 aliphatic heterocycles. The van der Waals surface area contributed by atoms with Crippen molar-refractivity contribution >= 4 is 29.1 Å². The molecule has 0 spiro atoms. The van der Waals surface area contributed by atoms with Crippen molar-refractivity contribution in [2.75, 3.05) is 0 Å². The molecule has 2 rings (SSSR count). The molecule has 70 valence electrons. The first-order chi connectivity index (χ1) is 6.75. The highest BCUT2D eigenvalue weighted by atomic mass is 31.0. The largest absolute Gasteiger partial charge is 0.275 e. The van der Waals surface area contributed by atoms with E-state index in [-0.39, 0.29) is 0 Å². The van der Waals surface area contributed by atoms with Gasteiger partial charge in [0.15, 0.2) is 12.4 Å². The van der Waals surface area contributed by atoms with E-state index in [0.29, 0.717) is 0 Å². The Morgan fingerprint density at radius 1 is 0.714 bits per heavy atom. The molecule has 2 nitrogen and oxygen atoms in total. The van der Waals surface area contributed by atoms with E-state index in [1.54, 1.807) is 0 Å². The normalized spacial score (nSPS) is 10.1. The second kappa shape index (κ2) is 4.13. The summed E-state index contributed by atoms with van der Waals surface area (Å²) in [5.41, 5.74) is 2.17.